The molecule has 0 bridgehead atoms. The van der Waals surface area contributed by atoms with Crippen molar-refractivity contribution in [3.05, 3.63) is 17.5 Å². The molecule has 1 aromatic heterocycles. The van der Waals surface area contributed by atoms with Gasteiger partial charge < -0.3 is 14.9 Å². The first-order valence-corrected chi connectivity index (χ1v) is 5.09. The van der Waals surface area contributed by atoms with E-state index in [0.29, 0.717) is 5.92 Å². The standard InChI is InChI=1S/C10H14N2O3/c1-6(13)5-11-10(14)8-4-9(15-12-8)7-2-3-7/h4,6-7,13H,2-3,5H2,1H3,(H,11,14)/t6-/m1/s1. The van der Waals surface area contributed by atoms with Gasteiger partial charge >= 0.3 is 0 Å². The van der Waals surface area contributed by atoms with Crippen LogP contribution in [0.15, 0.2) is 10.6 Å². The minimum absolute atomic E-state index is 0.227. The highest BCUT2D eigenvalue weighted by atomic mass is 16.5. The largest absolute Gasteiger partial charge is 0.392 e. The van der Waals surface area contributed by atoms with Crippen LogP contribution in [0.2, 0.25) is 0 Å². The molecule has 0 aliphatic heterocycles. The molecule has 0 radical (unpaired) electrons. The number of hydrogen-bond donors (Lipinski definition) is 2. The van der Waals surface area contributed by atoms with Gasteiger partial charge in [0.2, 0.25) is 0 Å². The molecular formula is C10H14N2O3. The second-order valence-corrected chi connectivity index (χ2v) is 3.95. The van der Waals surface area contributed by atoms with E-state index in [1.54, 1.807) is 13.0 Å². The third kappa shape index (κ3) is 2.56. The molecule has 0 spiro atoms. The summed E-state index contributed by atoms with van der Waals surface area (Å²) in [5, 5.41) is 15.2. The Morgan fingerprint density at radius 1 is 1.80 bits per heavy atom. The minimum atomic E-state index is -0.552. The molecule has 0 saturated heterocycles. The fourth-order valence-electron chi connectivity index (χ4n) is 1.29. The number of aliphatic hydroxyl groups is 1. The van der Waals surface area contributed by atoms with Crippen LogP contribution in [0.3, 0.4) is 0 Å². The molecule has 0 unspecified atom stereocenters. The SMILES string of the molecule is C[C@@H](O)CNC(=O)c1cc(C2CC2)on1. The summed E-state index contributed by atoms with van der Waals surface area (Å²) in [5.74, 6) is 0.944. The van der Waals surface area contributed by atoms with E-state index < -0.39 is 6.10 Å². The predicted molar refractivity (Wildman–Crippen MR) is 52.5 cm³/mol. The molecule has 5 heteroatoms. The lowest BCUT2D eigenvalue weighted by molar-refractivity contribution is 0.0915. The van der Waals surface area contributed by atoms with Gasteiger partial charge in [0, 0.05) is 18.5 Å². The number of aliphatic hydroxyl groups excluding tert-OH is 1. The molecule has 2 rings (SSSR count). The molecule has 1 atom stereocenters. The Morgan fingerprint density at radius 3 is 3.13 bits per heavy atom. The molecule has 15 heavy (non-hydrogen) atoms. The van der Waals surface area contributed by atoms with Crippen molar-refractivity contribution in [3.8, 4) is 0 Å². The number of amides is 1. The summed E-state index contributed by atoms with van der Waals surface area (Å²) in [6.45, 7) is 1.84. The lowest BCUT2D eigenvalue weighted by atomic mass is 10.3. The monoisotopic (exact) mass is 210 g/mol. The maximum Gasteiger partial charge on any atom is 0.273 e. The molecule has 1 fully saturated rings. The summed E-state index contributed by atoms with van der Waals surface area (Å²) < 4.78 is 5.04. The van der Waals surface area contributed by atoms with Gasteiger partial charge in [-0.2, -0.15) is 0 Å². The Kier molecular flexibility index (Phi) is 2.73. The number of rotatable bonds is 4. The number of aromatic nitrogens is 1. The van der Waals surface area contributed by atoms with Crippen LogP contribution in [0.1, 0.15) is 41.9 Å². The third-order valence-corrected chi connectivity index (χ3v) is 2.30. The lowest BCUT2D eigenvalue weighted by Crippen LogP contribution is -2.30. The van der Waals surface area contributed by atoms with Gasteiger partial charge in [0.05, 0.1) is 6.10 Å². The molecule has 1 aliphatic carbocycles. The van der Waals surface area contributed by atoms with Crippen molar-refractivity contribution >= 4 is 5.91 Å². The van der Waals surface area contributed by atoms with Crippen molar-refractivity contribution in [1.29, 1.82) is 0 Å². The normalized spacial score (nSPS) is 17.5. The van der Waals surface area contributed by atoms with Crippen molar-refractivity contribution < 1.29 is 14.4 Å². The fourth-order valence-corrected chi connectivity index (χ4v) is 1.29. The number of nitrogens with one attached hydrogen (secondary N) is 1. The maximum absolute atomic E-state index is 11.5. The van der Waals surface area contributed by atoms with E-state index in [2.05, 4.69) is 10.5 Å². The molecular weight excluding hydrogens is 196 g/mol. The third-order valence-electron chi connectivity index (χ3n) is 2.30. The van der Waals surface area contributed by atoms with Gasteiger partial charge in [0.15, 0.2) is 5.69 Å². The summed E-state index contributed by atoms with van der Waals surface area (Å²) in [4.78, 5) is 11.5. The van der Waals surface area contributed by atoms with Gasteiger partial charge in [0.1, 0.15) is 5.76 Å². The number of carbonyl (C=O) groups is 1. The average Bonchev–Trinajstić information content (AvgIpc) is 2.93. The molecule has 0 aromatic carbocycles. The van der Waals surface area contributed by atoms with Gasteiger partial charge in [-0.05, 0) is 19.8 Å². The Labute approximate surface area is 87.5 Å². The van der Waals surface area contributed by atoms with E-state index >= 15 is 0 Å². The molecule has 1 aliphatic rings. The van der Waals surface area contributed by atoms with Crippen LogP contribution in [0, 0.1) is 0 Å². The van der Waals surface area contributed by atoms with Crippen LogP contribution in [-0.2, 0) is 0 Å². The Bertz CT molecular complexity index is 355. The van der Waals surface area contributed by atoms with Crippen molar-refractivity contribution in [1.82, 2.24) is 10.5 Å². The van der Waals surface area contributed by atoms with Crippen LogP contribution in [0.25, 0.3) is 0 Å². The lowest BCUT2D eigenvalue weighted by Gasteiger charge is -2.03. The highest BCUT2D eigenvalue weighted by molar-refractivity contribution is 5.92. The molecule has 1 aromatic rings. The number of carbonyl (C=O) groups excluding carboxylic acids is 1. The Hall–Kier alpha value is -1.36. The van der Waals surface area contributed by atoms with E-state index in [1.807, 2.05) is 0 Å². The molecule has 2 N–H and O–H groups in total. The maximum atomic E-state index is 11.5. The Morgan fingerprint density at radius 2 is 2.53 bits per heavy atom. The van der Waals surface area contributed by atoms with E-state index in [1.165, 1.54) is 0 Å². The highest BCUT2D eigenvalue weighted by Crippen LogP contribution is 2.40. The van der Waals surface area contributed by atoms with E-state index in [-0.39, 0.29) is 18.1 Å². The smallest absolute Gasteiger partial charge is 0.273 e. The average molecular weight is 210 g/mol. The summed E-state index contributed by atoms with van der Waals surface area (Å²) >= 11 is 0. The Balaban J connectivity index is 1.93. The van der Waals surface area contributed by atoms with E-state index in [9.17, 15) is 4.79 Å². The van der Waals surface area contributed by atoms with Crippen LogP contribution in [0.5, 0.6) is 0 Å². The molecule has 1 amide bonds. The zero-order valence-corrected chi connectivity index (χ0v) is 8.56. The van der Waals surface area contributed by atoms with Crippen LogP contribution >= 0.6 is 0 Å². The number of nitrogens with zero attached hydrogens (tertiary/aromatic N) is 1. The topological polar surface area (TPSA) is 75.4 Å². The summed E-state index contributed by atoms with van der Waals surface area (Å²) in [6.07, 6.45) is 1.68. The first kappa shape index (κ1) is 10.2. The van der Waals surface area contributed by atoms with Gasteiger partial charge in [-0.3, -0.25) is 4.79 Å². The predicted octanol–water partition coefficient (Wildman–Crippen LogP) is 0.663. The van der Waals surface area contributed by atoms with Crippen molar-refractivity contribution in [2.45, 2.75) is 31.8 Å². The van der Waals surface area contributed by atoms with Gasteiger partial charge in [-0.25, -0.2) is 0 Å². The minimum Gasteiger partial charge on any atom is -0.392 e. The summed E-state index contributed by atoms with van der Waals surface area (Å²) in [5.41, 5.74) is 0.289. The second kappa shape index (κ2) is 4.02. The fraction of sp³-hybridized carbons (Fsp3) is 0.600. The van der Waals surface area contributed by atoms with Crippen LogP contribution in [-0.4, -0.2) is 28.8 Å². The van der Waals surface area contributed by atoms with Gasteiger partial charge in [-0.15, -0.1) is 0 Å². The zero-order valence-electron chi connectivity index (χ0n) is 8.56. The molecule has 1 saturated carbocycles. The van der Waals surface area contributed by atoms with E-state index in [0.717, 1.165) is 18.6 Å². The van der Waals surface area contributed by atoms with Crippen molar-refractivity contribution in [2.24, 2.45) is 0 Å². The first-order valence-electron chi connectivity index (χ1n) is 5.09. The first-order chi connectivity index (χ1) is 7.16. The molecule has 5 nitrogen and oxygen atoms in total. The van der Waals surface area contributed by atoms with Crippen LogP contribution < -0.4 is 5.32 Å². The quantitative estimate of drug-likeness (QED) is 0.765. The van der Waals surface area contributed by atoms with Crippen LogP contribution in [0.4, 0.5) is 0 Å². The molecule has 1 heterocycles. The zero-order chi connectivity index (χ0) is 10.8. The van der Waals surface area contributed by atoms with E-state index in [4.69, 9.17) is 9.63 Å². The van der Waals surface area contributed by atoms with Crippen molar-refractivity contribution in [2.75, 3.05) is 6.54 Å². The van der Waals surface area contributed by atoms with Gasteiger partial charge in [0.25, 0.3) is 5.91 Å². The summed E-state index contributed by atoms with van der Waals surface area (Å²) in [7, 11) is 0. The number of hydrogen-bond acceptors (Lipinski definition) is 4. The summed E-state index contributed by atoms with van der Waals surface area (Å²) in [6, 6.07) is 1.68. The van der Waals surface area contributed by atoms with Gasteiger partial charge in [-0.1, -0.05) is 5.16 Å². The second-order valence-electron chi connectivity index (χ2n) is 3.95. The highest BCUT2D eigenvalue weighted by Gasteiger charge is 2.28. The van der Waals surface area contributed by atoms with Crippen molar-refractivity contribution in [3.63, 3.8) is 0 Å². The molecule has 82 valence electrons.